The summed E-state index contributed by atoms with van der Waals surface area (Å²) in [7, 11) is 0. The molecule has 1 aromatic carbocycles. The standard InChI is InChI=1S/C19H26N2O3/c1-3-5-13-21-14-12-19(11-4-2,17(21)22)20-18(23)24-15-16-9-7-6-8-10-16/h4,6-10H,2-3,5,11-15H2,1H3,(H,20,23). The number of nitrogens with zero attached hydrogens (tertiary/aromatic N) is 1. The van der Waals surface area contributed by atoms with Crippen molar-refractivity contribution in [3.63, 3.8) is 0 Å². The summed E-state index contributed by atoms with van der Waals surface area (Å²) in [6, 6.07) is 9.47. The highest BCUT2D eigenvalue weighted by atomic mass is 16.5. The summed E-state index contributed by atoms with van der Waals surface area (Å²) >= 11 is 0. The molecule has 0 saturated carbocycles. The first-order valence-electron chi connectivity index (χ1n) is 8.50. The summed E-state index contributed by atoms with van der Waals surface area (Å²) in [5.74, 6) is -0.0347. The number of unbranched alkanes of at least 4 members (excludes halogenated alkanes) is 1. The number of alkyl carbamates (subject to hydrolysis) is 1. The van der Waals surface area contributed by atoms with Gasteiger partial charge in [0, 0.05) is 13.1 Å². The van der Waals surface area contributed by atoms with E-state index in [9.17, 15) is 9.59 Å². The zero-order valence-electron chi connectivity index (χ0n) is 14.3. The van der Waals surface area contributed by atoms with Gasteiger partial charge in [0.2, 0.25) is 5.91 Å². The van der Waals surface area contributed by atoms with Crippen LogP contribution in [0.15, 0.2) is 43.0 Å². The van der Waals surface area contributed by atoms with Crippen LogP contribution in [0.2, 0.25) is 0 Å². The van der Waals surface area contributed by atoms with E-state index in [4.69, 9.17) is 4.74 Å². The topological polar surface area (TPSA) is 58.6 Å². The van der Waals surface area contributed by atoms with Gasteiger partial charge in [-0.3, -0.25) is 4.79 Å². The second-order valence-electron chi connectivity index (χ2n) is 6.16. The Hall–Kier alpha value is -2.30. The number of hydrogen-bond donors (Lipinski definition) is 1. The first kappa shape index (κ1) is 18.0. The molecule has 24 heavy (non-hydrogen) atoms. The number of benzene rings is 1. The molecule has 1 saturated heterocycles. The van der Waals surface area contributed by atoms with E-state index < -0.39 is 11.6 Å². The largest absolute Gasteiger partial charge is 0.445 e. The summed E-state index contributed by atoms with van der Waals surface area (Å²) in [6.45, 7) is 7.40. The summed E-state index contributed by atoms with van der Waals surface area (Å²) in [5, 5.41) is 2.80. The third-order valence-electron chi connectivity index (χ3n) is 4.33. The van der Waals surface area contributed by atoms with E-state index in [1.54, 1.807) is 6.08 Å². The molecule has 2 amide bonds. The van der Waals surface area contributed by atoms with E-state index in [2.05, 4.69) is 18.8 Å². The molecular weight excluding hydrogens is 304 g/mol. The highest BCUT2D eigenvalue weighted by Crippen LogP contribution is 2.27. The van der Waals surface area contributed by atoms with Crippen LogP contribution in [0, 0.1) is 0 Å². The van der Waals surface area contributed by atoms with Crippen molar-refractivity contribution < 1.29 is 14.3 Å². The third-order valence-corrected chi connectivity index (χ3v) is 4.33. The Bertz CT molecular complexity index is 573. The van der Waals surface area contributed by atoms with Gasteiger partial charge >= 0.3 is 6.09 Å². The van der Waals surface area contributed by atoms with Gasteiger partial charge in [-0.1, -0.05) is 49.8 Å². The summed E-state index contributed by atoms with van der Waals surface area (Å²) < 4.78 is 5.27. The number of ether oxygens (including phenoxy) is 1. The van der Waals surface area contributed by atoms with E-state index in [1.807, 2.05) is 35.2 Å². The van der Waals surface area contributed by atoms with Crippen LogP contribution in [0.3, 0.4) is 0 Å². The SMILES string of the molecule is C=CCC1(NC(=O)OCc2ccccc2)CCN(CCCC)C1=O. The average molecular weight is 330 g/mol. The Morgan fingerprint density at radius 2 is 2.17 bits per heavy atom. The van der Waals surface area contributed by atoms with Gasteiger partial charge in [-0.2, -0.15) is 0 Å². The molecular formula is C19H26N2O3. The van der Waals surface area contributed by atoms with Gasteiger partial charge in [-0.25, -0.2) is 4.79 Å². The average Bonchev–Trinajstić information content (AvgIpc) is 2.89. The van der Waals surface area contributed by atoms with Crippen molar-refractivity contribution >= 4 is 12.0 Å². The summed E-state index contributed by atoms with van der Waals surface area (Å²) in [4.78, 5) is 26.7. The zero-order chi connectivity index (χ0) is 17.4. The number of amides is 2. The van der Waals surface area contributed by atoms with Crippen molar-refractivity contribution in [3.8, 4) is 0 Å². The van der Waals surface area contributed by atoms with Crippen LogP contribution in [0.25, 0.3) is 0 Å². The molecule has 0 aromatic heterocycles. The van der Waals surface area contributed by atoms with Crippen molar-refractivity contribution in [2.24, 2.45) is 0 Å². The number of carbonyl (C=O) groups excluding carboxylic acids is 2. The molecule has 130 valence electrons. The van der Waals surface area contributed by atoms with Gasteiger partial charge in [-0.05, 0) is 24.8 Å². The van der Waals surface area contributed by atoms with Crippen LogP contribution >= 0.6 is 0 Å². The van der Waals surface area contributed by atoms with E-state index in [1.165, 1.54) is 0 Å². The van der Waals surface area contributed by atoms with Crippen LogP contribution in [0.4, 0.5) is 4.79 Å². The highest BCUT2D eigenvalue weighted by molar-refractivity contribution is 5.92. The quantitative estimate of drug-likeness (QED) is 0.744. The molecule has 0 aliphatic carbocycles. The van der Waals surface area contributed by atoms with Crippen LogP contribution < -0.4 is 5.32 Å². The molecule has 1 atom stereocenters. The van der Waals surface area contributed by atoms with E-state index in [0.717, 1.165) is 24.9 Å². The van der Waals surface area contributed by atoms with E-state index >= 15 is 0 Å². The molecule has 1 aliphatic rings. The lowest BCUT2D eigenvalue weighted by molar-refractivity contribution is -0.133. The number of nitrogens with one attached hydrogen (secondary N) is 1. The Morgan fingerprint density at radius 3 is 2.83 bits per heavy atom. The van der Waals surface area contributed by atoms with E-state index in [-0.39, 0.29) is 12.5 Å². The zero-order valence-corrected chi connectivity index (χ0v) is 14.3. The molecule has 2 rings (SSSR count). The van der Waals surface area contributed by atoms with Gasteiger partial charge < -0.3 is 15.0 Å². The summed E-state index contributed by atoms with van der Waals surface area (Å²) in [5.41, 5.74) is -0.00348. The van der Waals surface area contributed by atoms with Crippen LogP contribution in [-0.4, -0.2) is 35.5 Å². The Kier molecular flexibility index (Phi) is 6.41. The number of carbonyl (C=O) groups is 2. The molecule has 1 unspecified atom stereocenters. The van der Waals surface area contributed by atoms with Gasteiger partial charge in [-0.15, -0.1) is 6.58 Å². The second-order valence-corrected chi connectivity index (χ2v) is 6.16. The lowest BCUT2D eigenvalue weighted by Gasteiger charge is -2.27. The molecule has 1 heterocycles. The van der Waals surface area contributed by atoms with Crippen molar-refractivity contribution in [2.75, 3.05) is 13.1 Å². The minimum absolute atomic E-state index is 0.0347. The fraction of sp³-hybridized carbons (Fsp3) is 0.474. The predicted molar refractivity (Wildman–Crippen MR) is 93.4 cm³/mol. The van der Waals surface area contributed by atoms with Gasteiger partial charge in [0.1, 0.15) is 12.1 Å². The fourth-order valence-corrected chi connectivity index (χ4v) is 2.96. The third kappa shape index (κ3) is 4.37. The Morgan fingerprint density at radius 1 is 1.42 bits per heavy atom. The van der Waals surface area contributed by atoms with Gasteiger partial charge in [0.15, 0.2) is 0 Å². The molecule has 0 bridgehead atoms. The van der Waals surface area contributed by atoms with Crippen molar-refractivity contribution in [3.05, 3.63) is 48.6 Å². The normalized spacial score (nSPS) is 20.0. The van der Waals surface area contributed by atoms with Crippen LogP contribution in [0.1, 0.15) is 38.2 Å². The maximum Gasteiger partial charge on any atom is 0.408 e. The smallest absolute Gasteiger partial charge is 0.408 e. The van der Waals surface area contributed by atoms with Crippen molar-refractivity contribution in [1.29, 1.82) is 0 Å². The molecule has 1 fully saturated rings. The monoisotopic (exact) mass is 330 g/mol. The van der Waals surface area contributed by atoms with Crippen molar-refractivity contribution in [2.45, 2.75) is 44.8 Å². The van der Waals surface area contributed by atoms with Gasteiger partial charge in [0.25, 0.3) is 0 Å². The number of hydrogen-bond acceptors (Lipinski definition) is 3. The second kappa shape index (κ2) is 8.52. The van der Waals surface area contributed by atoms with Crippen LogP contribution in [-0.2, 0) is 16.1 Å². The van der Waals surface area contributed by atoms with E-state index in [0.29, 0.717) is 19.4 Å². The first-order chi connectivity index (χ1) is 11.6. The number of rotatable bonds is 8. The maximum absolute atomic E-state index is 12.7. The summed E-state index contributed by atoms with van der Waals surface area (Å²) in [6.07, 6.45) is 4.11. The minimum atomic E-state index is -0.913. The predicted octanol–water partition coefficient (Wildman–Crippen LogP) is 3.26. The molecule has 5 heteroatoms. The lowest BCUT2D eigenvalue weighted by atomic mass is 9.93. The Labute approximate surface area is 143 Å². The fourth-order valence-electron chi connectivity index (χ4n) is 2.96. The lowest BCUT2D eigenvalue weighted by Crippen LogP contribution is -2.54. The first-order valence-corrected chi connectivity index (χ1v) is 8.50. The van der Waals surface area contributed by atoms with Crippen molar-refractivity contribution in [1.82, 2.24) is 10.2 Å². The molecule has 0 spiro atoms. The Balaban J connectivity index is 1.96. The van der Waals surface area contributed by atoms with Crippen LogP contribution in [0.5, 0.6) is 0 Å². The maximum atomic E-state index is 12.7. The molecule has 0 radical (unpaired) electrons. The highest BCUT2D eigenvalue weighted by Gasteiger charge is 2.46. The molecule has 1 aromatic rings. The minimum Gasteiger partial charge on any atom is -0.445 e. The van der Waals surface area contributed by atoms with Gasteiger partial charge in [0.05, 0.1) is 0 Å². The molecule has 5 nitrogen and oxygen atoms in total. The number of likely N-dealkylation sites (tertiary alicyclic amines) is 1. The molecule has 1 aliphatic heterocycles. The molecule has 1 N–H and O–H groups in total.